The van der Waals surface area contributed by atoms with Crippen LogP contribution in [0.5, 0.6) is 5.88 Å². The second-order valence-electron chi connectivity index (χ2n) is 7.49. The van der Waals surface area contributed by atoms with Crippen LogP contribution in [0.1, 0.15) is 18.2 Å². The third kappa shape index (κ3) is 4.25. The lowest BCUT2D eigenvalue weighted by atomic mass is 10.0. The van der Waals surface area contributed by atoms with Crippen LogP contribution in [0.25, 0.3) is 22.2 Å². The monoisotopic (exact) mass is 434 g/mol. The van der Waals surface area contributed by atoms with E-state index in [1.165, 1.54) is 0 Å². The first-order valence-corrected chi connectivity index (χ1v) is 10.3. The van der Waals surface area contributed by atoms with E-state index in [0.29, 0.717) is 22.2 Å². The quantitative estimate of drug-likeness (QED) is 0.462. The van der Waals surface area contributed by atoms with Crippen LogP contribution in [0.4, 0.5) is 5.69 Å². The molecule has 2 heterocycles. The van der Waals surface area contributed by atoms with Crippen molar-refractivity contribution in [2.75, 3.05) is 5.32 Å². The van der Waals surface area contributed by atoms with Crippen LogP contribution < -0.4 is 10.1 Å². The molecule has 0 bridgehead atoms. The molecule has 1 N–H and O–H groups in total. The molecule has 0 saturated heterocycles. The van der Waals surface area contributed by atoms with E-state index in [2.05, 4.69) is 15.4 Å². The number of aryl methyl sites for hydroxylation is 3. The highest BCUT2D eigenvalue weighted by Gasteiger charge is 2.20. The zero-order valence-corrected chi connectivity index (χ0v) is 18.6. The summed E-state index contributed by atoms with van der Waals surface area (Å²) in [7, 11) is 1.85. The van der Waals surface area contributed by atoms with Crippen LogP contribution in [0.2, 0.25) is 5.02 Å². The Morgan fingerprint density at radius 3 is 2.61 bits per heavy atom. The van der Waals surface area contributed by atoms with Crippen molar-refractivity contribution in [3.63, 3.8) is 0 Å². The first-order chi connectivity index (χ1) is 14.8. The maximum Gasteiger partial charge on any atom is 0.265 e. The number of amides is 1. The van der Waals surface area contributed by atoms with E-state index < -0.39 is 6.10 Å². The molecule has 0 aliphatic carbocycles. The summed E-state index contributed by atoms with van der Waals surface area (Å²) in [6, 6.07) is 17.2. The Balaban J connectivity index is 1.66. The maximum atomic E-state index is 12.7. The van der Waals surface area contributed by atoms with Gasteiger partial charge in [0.15, 0.2) is 11.8 Å². The van der Waals surface area contributed by atoms with Gasteiger partial charge in [0.2, 0.25) is 5.88 Å². The summed E-state index contributed by atoms with van der Waals surface area (Å²) < 4.78 is 7.68. The molecule has 31 heavy (non-hydrogen) atoms. The largest absolute Gasteiger partial charge is 0.464 e. The summed E-state index contributed by atoms with van der Waals surface area (Å²) in [6.45, 7) is 5.56. The van der Waals surface area contributed by atoms with Crippen molar-refractivity contribution in [1.29, 1.82) is 0 Å². The molecule has 4 rings (SSSR count). The molecule has 2 aromatic heterocycles. The zero-order valence-electron chi connectivity index (χ0n) is 17.8. The van der Waals surface area contributed by atoms with Crippen LogP contribution in [0.15, 0.2) is 54.6 Å². The lowest BCUT2D eigenvalue weighted by Gasteiger charge is -2.16. The molecule has 0 radical (unpaired) electrons. The summed E-state index contributed by atoms with van der Waals surface area (Å²) >= 11 is 6.06. The van der Waals surface area contributed by atoms with Crippen molar-refractivity contribution in [3.8, 4) is 17.0 Å². The van der Waals surface area contributed by atoms with Gasteiger partial charge in [0.05, 0.1) is 11.1 Å². The molecule has 2 aromatic carbocycles. The number of hydrogen-bond acceptors (Lipinski definition) is 4. The summed E-state index contributed by atoms with van der Waals surface area (Å²) in [5, 5.41) is 8.91. The first kappa shape index (κ1) is 20.9. The van der Waals surface area contributed by atoms with Gasteiger partial charge in [0.25, 0.3) is 5.91 Å². The molecular formula is C24H23ClN4O2. The number of rotatable bonds is 5. The van der Waals surface area contributed by atoms with Crippen molar-refractivity contribution in [2.24, 2.45) is 7.05 Å². The Bertz CT molecular complexity index is 1270. The van der Waals surface area contributed by atoms with E-state index in [4.69, 9.17) is 16.3 Å². The minimum absolute atomic E-state index is 0.283. The van der Waals surface area contributed by atoms with Crippen LogP contribution in [0, 0.1) is 13.8 Å². The van der Waals surface area contributed by atoms with Crippen molar-refractivity contribution >= 4 is 34.2 Å². The van der Waals surface area contributed by atoms with E-state index in [0.717, 1.165) is 27.8 Å². The molecular weight excluding hydrogens is 412 g/mol. The molecule has 1 amide bonds. The Morgan fingerprint density at radius 1 is 1.13 bits per heavy atom. The number of nitrogens with one attached hydrogen (secondary N) is 1. The van der Waals surface area contributed by atoms with Crippen LogP contribution in [-0.2, 0) is 11.8 Å². The maximum absolute atomic E-state index is 12.7. The topological polar surface area (TPSA) is 69.0 Å². The molecule has 6 nitrogen and oxygen atoms in total. The number of aromatic nitrogens is 3. The van der Waals surface area contributed by atoms with Gasteiger partial charge in [0, 0.05) is 23.8 Å². The fraction of sp³-hybridized carbons (Fsp3) is 0.208. The Kier molecular flexibility index (Phi) is 5.65. The van der Waals surface area contributed by atoms with Crippen molar-refractivity contribution in [1.82, 2.24) is 14.8 Å². The van der Waals surface area contributed by atoms with Crippen molar-refractivity contribution in [3.05, 3.63) is 70.9 Å². The number of hydrogen-bond donors (Lipinski definition) is 1. The number of carbonyl (C=O) groups excluding carboxylic acids is 1. The minimum atomic E-state index is -0.763. The van der Waals surface area contributed by atoms with E-state index in [1.807, 2.05) is 63.4 Å². The standard InChI is InChI=1S/C24H23ClN4O2/c1-14-10-11-18(25)12-20(14)26-24(30)16(3)31-21-13-19(17-8-6-5-7-9-17)22-15(2)28-29(4)23(22)27-21/h5-13,16H,1-4H3,(H,26,30)/t16-/m0/s1. The number of fused-ring (bicyclic) bond motifs is 1. The summed E-state index contributed by atoms with van der Waals surface area (Å²) in [6.07, 6.45) is -0.763. The molecule has 0 aliphatic rings. The number of pyridine rings is 1. The van der Waals surface area contributed by atoms with Gasteiger partial charge in [-0.3, -0.25) is 9.48 Å². The number of ether oxygens (including phenoxy) is 1. The van der Waals surface area contributed by atoms with Gasteiger partial charge >= 0.3 is 0 Å². The number of benzene rings is 2. The predicted octanol–water partition coefficient (Wildman–Crippen LogP) is 5.31. The number of carbonyl (C=O) groups is 1. The van der Waals surface area contributed by atoms with Gasteiger partial charge in [-0.05, 0) is 49.6 Å². The van der Waals surface area contributed by atoms with Crippen molar-refractivity contribution < 1.29 is 9.53 Å². The SMILES string of the molecule is Cc1ccc(Cl)cc1NC(=O)[C@H](C)Oc1cc(-c2ccccc2)c2c(C)nn(C)c2n1. The van der Waals surface area contributed by atoms with Gasteiger partial charge in [-0.1, -0.05) is 48.0 Å². The lowest BCUT2D eigenvalue weighted by molar-refractivity contribution is -0.122. The van der Waals surface area contributed by atoms with Crippen molar-refractivity contribution in [2.45, 2.75) is 26.9 Å². The molecule has 0 spiro atoms. The lowest BCUT2D eigenvalue weighted by Crippen LogP contribution is -2.30. The second-order valence-corrected chi connectivity index (χ2v) is 7.93. The van der Waals surface area contributed by atoms with E-state index >= 15 is 0 Å². The molecule has 4 aromatic rings. The average molecular weight is 435 g/mol. The molecule has 7 heteroatoms. The molecule has 0 fully saturated rings. The third-order valence-corrected chi connectivity index (χ3v) is 5.39. The minimum Gasteiger partial charge on any atom is -0.464 e. The summed E-state index contributed by atoms with van der Waals surface area (Å²) in [4.78, 5) is 17.4. The van der Waals surface area contributed by atoms with Gasteiger partial charge in [-0.2, -0.15) is 10.1 Å². The number of nitrogens with zero attached hydrogens (tertiary/aromatic N) is 3. The highest BCUT2D eigenvalue weighted by atomic mass is 35.5. The molecule has 0 saturated carbocycles. The smallest absolute Gasteiger partial charge is 0.265 e. The third-order valence-electron chi connectivity index (χ3n) is 5.15. The van der Waals surface area contributed by atoms with Crippen LogP contribution in [0.3, 0.4) is 0 Å². The molecule has 0 aliphatic heterocycles. The van der Waals surface area contributed by atoms with Gasteiger partial charge in [0.1, 0.15) is 0 Å². The summed E-state index contributed by atoms with van der Waals surface area (Å²) in [5.74, 6) is 0.0783. The molecule has 0 unspecified atom stereocenters. The van der Waals surface area contributed by atoms with Gasteiger partial charge in [-0.15, -0.1) is 0 Å². The highest BCUT2D eigenvalue weighted by Crippen LogP contribution is 2.33. The predicted molar refractivity (Wildman–Crippen MR) is 124 cm³/mol. The zero-order chi connectivity index (χ0) is 22.1. The number of anilines is 1. The van der Waals surface area contributed by atoms with Crippen LogP contribution in [-0.4, -0.2) is 26.8 Å². The van der Waals surface area contributed by atoms with Crippen LogP contribution >= 0.6 is 11.6 Å². The Labute approximate surface area is 185 Å². The van der Waals surface area contributed by atoms with E-state index in [9.17, 15) is 4.79 Å². The average Bonchev–Trinajstić information content (AvgIpc) is 3.04. The fourth-order valence-corrected chi connectivity index (χ4v) is 3.70. The molecule has 1 atom stereocenters. The first-order valence-electron chi connectivity index (χ1n) is 9.97. The van der Waals surface area contributed by atoms with E-state index in [1.54, 1.807) is 23.7 Å². The number of halogens is 1. The van der Waals surface area contributed by atoms with Gasteiger partial charge < -0.3 is 10.1 Å². The van der Waals surface area contributed by atoms with E-state index in [-0.39, 0.29) is 5.91 Å². The fourth-order valence-electron chi connectivity index (χ4n) is 3.53. The second kappa shape index (κ2) is 8.40. The Hall–Kier alpha value is -3.38. The molecule has 158 valence electrons. The Morgan fingerprint density at radius 2 is 1.87 bits per heavy atom. The normalized spacial score (nSPS) is 12.0. The summed E-state index contributed by atoms with van der Waals surface area (Å²) in [5.41, 5.74) is 5.15. The van der Waals surface area contributed by atoms with Gasteiger partial charge in [-0.25, -0.2) is 0 Å². The highest BCUT2D eigenvalue weighted by molar-refractivity contribution is 6.31.